The summed E-state index contributed by atoms with van der Waals surface area (Å²) >= 11 is 1.52. The van der Waals surface area contributed by atoms with Crippen LogP contribution in [0.5, 0.6) is 0 Å². The quantitative estimate of drug-likeness (QED) is 0.492. The number of hydrogen-bond acceptors (Lipinski definition) is 6. The van der Waals surface area contributed by atoms with Crippen LogP contribution in [0.2, 0.25) is 0 Å². The largest absolute Gasteiger partial charge is 0.381 e. The lowest BCUT2D eigenvalue weighted by Crippen LogP contribution is -2.49. The highest BCUT2D eigenvalue weighted by molar-refractivity contribution is 8.14. The molecule has 2 aliphatic heterocycles. The minimum absolute atomic E-state index is 0.162. The fourth-order valence-electron chi connectivity index (χ4n) is 2.86. The molecule has 0 saturated carbocycles. The molecular weight excluding hydrogens is 356 g/mol. The van der Waals surface area contributed by atoms with Gasteiger partial charge in [-0.05, 0) is 25.2 Å². The topological polar surface area (TPSA) is 100 Å². The zero-order valence-corrected chi connectivity index (χ0v) is 16.4. The summed E-state index contributed by atoms with van der Waals surface area (Å²) in [6.45, 7) is 5.84. The first-order valence-corrected chi connectivity index (χ1v) is 10.0. The van der Waals surface area contributed by atoms with E-state index in [1.54, 1.807) is 0 Å². The number of amides is 2. The fraction of sp³-hybridized carbons (Fsp3) is 0.765. The maximum atomic E-state index is 12.5. The highest BCUT2D eigenvalue weighted by atomic mass is 32.2. The van der Waals surface area contributed by atoms with Crippen molar-refractivity contribution in [2.75, 3.05) is 32.6 Å². The van der Waals surface area contributed by atoms with Gasteiger partial charge in [-0.25, -0.2) is 5.43 Å². The molecule has 2 N–H and O–H groups in total. The van der Waals surface area contributed by atoms with Gasteiger partial charge in [0.15, 0.2) is 5.17 Å². The van der Waals surface area contributed by atoms with Gasteiger partial charge in [0.1, 0.15) is 0 Å². The summed E-state index contributed by atoms with van der Waals surface area (Å²) in [6.07, 6.45) is 1.68. The molecule has 2 saturated heterocycles. The van der Waals surface area contributed by atoms with Gasteiger partial charge in [-0.15, -0.1) is 5.10 Å². The Morgan fingerprint density at radius 2 is 2.00 bits per heavy atom. The van der Waals surface area contributed by atoms with Crippen LogP contribution < -0.4 is 10.7 Å². The number of carbonyl (C=O) groups excluding carboxylic acids is 3. The van der Waals surface area contributed by atoms with Crippen LogP contribution in [-0.4, -0.2) is 66.3 Å². The number of rotatable bonds is 7. The Labute approximate surface area is 158 Å². The predicted octanol–water partition coefficient (Wildman–Crippen LogP) is 0.579. The molecule has 2 amide bonds. The average molecular weight is 385 g/mol. The number of Topliss-reactive ketones (excluding diaryl/α,β-unsaturated/α-hetero) is 1. The summed E-state index contributed by atoms with van der Waals surface area (Å²) in [5.74, 6) is -0.744. The van der Waals surface area contributed by atoms with Gasteiger partial charge in [-0.2, -0.15) is 0 Å². The second-order valence-corrected chi connectivity index (χ2v) is 8.11. The molecule has 0 aromatic rings. The van der Waals surface area contributed by atoms with Crippen molar-refractivity contribution in [2.45, 2.75) is 39.2 Å². The minimum atomic E-state index is -0.834. The Hall–Kier alpha value is -1.61. The van der Waals surface area contributed by atoms with E-state index in [2.05, 4.69) is 15.8 Å². The van der Waals surface area contributed by atoms with E-state index in [1.165, 1.54) is 11.8 Å². The summed E-state index contributed by atoms with van der Waals surface area (Å²) in [4.78, 5) is 39.1. The van der Waals surface area contributed by atoms with E-state index in [9.17, 15) is 14.4 Å². The average Bonchev–Trinajstić information content (AvgIpc) is 3.03. The predicted molar refractivity (Wildman–Crippen MR) is 101 cm³/mol. The normalized spacial score (nSPS) is 21.1. The first kappa shape index (κ1) is 20.7. The number of thioether (sulfide) groups is 1. The summed E-state index contributed by atoms with van der Waals surface area (Å²) in [5, 5.41) is 7.46. The van der Waals surface area contributed by atoms with Crippen molar-refractivity contribution >= 4 is 34.5 Å². The highest BCUT2D eigenvalue weighted by Crippen LogP contribution is 2.17. The lowest BCUT2D eigenvalue weighted by molar-refractivity contribution is -0.141. The van der Waals surface area contributed by atoms with E-state index < -0.39 is 17.7 Å². The summed E-state index contributed by atoms with van der Waals surface area (Å²) in [6, 6.07) is -0.834. The van der Waals surface area contributed by atoms with E-state index in [-0.39, 0.29) is 17.7 Å². The monoisotopic (exact) mass is 384 g/mol. The van der Waals surface area contributed by atoms with E-state index in [0.717, 1.165) is 12.3 Å². The molecule has 9 heteroatoms. The summed E-state index contributed by atoms with van der Waals surface area (Å²) < 4.78 is 5.26. The minimum Gasteiger partial charge on any atom is -0.381 e. The Morgan fingerprint density at radius 1 is 1.31 bits per heavy atom. The number of hydrazone groups is 1. The van der Waals surface area contributed by atoms with Crippen LogP contribution in [0.15, 0.2) is 5.10 Å². The lowest BCUT2D eigenvalue weighted by Gasteiger charge is -2.25. The Morgan fingerprint density at radius 3 is 2.58 bits per heavy atom. The van der Waals surface area contributed by atoms with Crippen LogP contribution in [-0.2, 0) is 19.1 Å². The second kappa shape index (κ2) is 9.91. The molecule has 1 atom stereocenters. The van der Waals surface area contributed by atoms with Crippen LogP contribution in [0.25, 0.3) is 0 Å². The molecule has 0 bridgehead atoms. The Kier molecular flexibility index (Phi) is 7.89. The van der Waals surface area contributed by atoms with Crippen molar-refractivity contribution in [2.24, 2.45) is 16.9 Å². The number of nitrogens with one attached hydrogen (secondary N) is 2. The second-order valence-electron chi connectivity index (χ2n) is 7.05. The van der Waals surface area contributed by atoms with Crippen LogP contribution >= 0.6 is 11.8 Å². The highest BCUT2D eigenvalue weighted by Gasteiger charge is 2.31. The van der Waals surface area contributed by atoms with Gasteiger partial charge in [0, 0.05) is 38.5 Å². The molecular formula is C17H28N4O4S. The van der Waals surface area contributed by atoms with Crippen LogP contribution in [0.1, 0.15) is 33.1 Å². The first-order valence-electron chi connectivity index (χ1n) is 9.02. The van der Waals surface area contributed by atoms with E-state index >= 15 is 0 Å². The van der Waals surface area contributed by atoms with Crippen molar-refractivity contribution in [3.63, 3.8) is 0 Å². The molecule has 26 heavy (non-hydrogen) atoms. The van der Waals surface area contributed by atoms with Gasteiger partial charge in [0.25, 0.3) is 0 Å². The van der Waals surface area contributed by atoms with Crippen molar-refractivity contribution in [1.29, 1.82) is 0 Å². The zero-order chi connectivity index (χ0) is 19.1. The molecule has 0 aromatic carbocycles. The molecule has 8 nitrogen and oxygen atoms in total. The van der Waals surface area contributed by atoms with Crippen LogP contribution in [0.3, 0.4) is 0 Å². The fourth-order valence-corrected chi connectivity index (χ4v) is 3.83. The van der Waals surface area contributed by atoms with Crippen molar-refractivity contribution in [3.8, 4) is 0 Å². The first-order chi connectivity index (χ1) is 12.4. The maximum absolute atomic E-state index is 12.5. The smallest absolute Gasteiger partial charge is 0.309 e. The van der Waals surface area contributed by atoms with E-state index in [4.69, 9.17) is 4.74 Å². The van der Waals surface area contributed by atoms with Crippen LogP contribution in [0.4, 0.5) is 0 Å². The Balaban J connectivity index is 1.96. The molecule has 0 spiro atoms. The zero-order valence-electron chi connectivity index (χ0n) is 15.6. The lowest BCUT2D eigenvalue weighted by atomic mass is 9.96. The van der Waals surface area contributed by atoms with Crippen molar-refractivity contribution < 1.29 is 19.1 Å². The molecule has 0 aliphatic carbocycles. The van der Waals surface area contributed by atoms with Gasteiger partial charge < -0.3 is 15.0 Å². The SMILES string of the molecule is CC(C)C[C@H](NC(=O)C1CCOCC1)C(=O)C(=O)NN=C1SCCN1C. The van der Waals surface area contributed by atoms with E-state index in [1.807, 2.05) is 25.8 Å². The van der Waals surface area contributed by atoms with Gasteiger partial charge in [-0.1, -0.05) is 25.6 Å². The molecule has 146 valence electrons. The number of amidine groups is 1. The number of carbonyl (C=O) groups is 3. The third-order valence-corrected chi connectivity index (χ3v) is 5.44. The third kappa shape index (κ3) is 5.98. The molecule has 2 rings (SSSR count). The third-order valence-electron chi connectivity index (χ3n) is 4.39. The van der Waals surface area contributed by atoms with Crippen molar-refractivity contribution in [1.82, 2.24) is 15.6 Å². The van der Waals surface area contributed by atoms with Gasteiger partial charge in [0.05, 0.1) is 6.04 Å². The molecule has 0 aromatic heterocycles. The molecule has 0 unspecified atom stereocenters. The number of hydrogen-bond donors (Lipinski definition) is 2. The standard InChI is InChI=1S/C17H28N4O4S/c1-11(2)10-13(18-15(23)12-4-7-25-8-5-12)14(22)16(24)19-20-17-21(3)6-9-26-17/h11-13H,4-10H2,1-3H3,(H,18,23)(H,19,24)/t13-/m0/s1. The van der Waals surface area contributed by atoms with Crippen LogP contribution in [0, 0.1) is 11.8 Å². The van der Waals surface area contributed by atoms with E-state index in [0.29, 0.717) is 37.6 Å². The maximum Gasteiger partial charge on any atom is 0.309 e. The summed E-state index contributed by atoms with van der Waals surface area (Å²) in [5.41, 5.74) is 2.33. The summed E-state index contributed by atoms with van der Waals surface area (Å²) in [7, 11) is 1.88. The van der Waals surface area contributed by atoms with Crippen molar-refractivity contribution in [3.05, 3.63) is 0 Å². The van der Waals surface area contributed by atoms with Gasteiger partial charge in [0.2, 0.25) is 11.7 Å². The van der Waals surface area contributed by atoms with Gasteiger partial charge >= 0.3 is 5.91 Å². The molecule has 2 fully saturated rings. The number of ketones is 1. The van der Waals surface area contributed by atoms with Gasteiger partial charge in [-0.3, -0.25) is 14.4 Å². The molecule has 2 aliphatic rings. The molecule has 2 heterocycles. The molecule has 0 radical (unpaired) electrons. The Bertz CT molecular complexity index is 561. The number of ether oxygens (including phenoxy) is 1. The number of nitrogens with zero attached hydrogens (tertiary/aromatic N) is 2.